The van der Waals surface area contributed by atoms with Gasteiger partial charge in [0.2, 0.25) is 5.95 Å². The Morgan fingerprint density at radius 2 is 1.94 bits per heavy atom. The number of hydrogen-bond acceptors (Lipinski definition) is 6. The number of fused-ring (bicyclic) bond motifs is 1. The molecule has 0 aliphatic heterocycles. The van der Waals surface area contributed by atoms with E-state index >= 15 is 0 Å². The molecule has 31 heavy (non-hydrogen) atoms. The molecule has 0 aliphatic carbocycles. The number of hydrogen-bond donors (Lipinski definition) is 3. The first-order valence-electron chi connectivity index (χ1n) is 8.55. The van der Waals surface area contributed by atoms with Crippen LogP contribution in [0, 0.1) is 29.9 Å². The average Bonchev–Trinajstić information content (AvgIpc) is 3.01. The number of rotatable bonds is 5. The van der Waals surface area contributed by atoms with Crippen LogP contribution in [0.2, 0.25) is 0 Å². The van der Waals surface area contributed by atoms with E-state index in [9.17, 15) is 26.7 Å². The number of nitriles is 1. The molecule has 3 N–H and O–H groups in total. The quantitative estimate of drug-likeness (QED) is 0.384. The maximum absolute atomic E-state index is 14.0. The van der Waals surface area contributed by atoms with Gasteiger partial charge in [-0.15, -0.1) is 11.3 Å². The molecule has 0 aliphatic rings. The first-order chi connectivity index (χ1) is 14.6. The van der Waals surface area contributed by atoms with Gasteiger partial charge in [-0.3, -0.25) is 0 Å². The van der Waals surface area contributed by atoms with Crippen molar-refractivity contribution in [3.05, 3.63) is 46.6 Å². The number of alkyl halides is 3. The Kier molecular flexibility index (Phi) is 6.21. The van der Waals surface area contributed by atoms with Crippen LogP contribution in [0.25, 0.3) is 10.1 Å². The number of benzene rings is 1. The van der Waals surface area contributed by atoms with Gasteiger partial charge in [0, 0.05) is 16.3 Å². The van der Waals surface area contributed by atoms with E-state index < -0.39 is 29.9 Å². The van der Waals surface area contributed by atoms with Gasteiger partial charge in [-0.05, 0) is 18.6 Å². The van der Waals surface area contributed by atoms with E-state index in [2.05, 4.69) is 20.6 Å². The van der Waals surface area contributed by atoms with Crippen molar-refractivity contribution in [3.63, 3.8) is 0 Å². The van der Waals surface area contributed by atoms with Crippen LogP contribution in [0.5, 0.6) is 0 Å². The van der Waals surface area contributed by atoms with Crippen LogP contribution in [0.15, 0.2) is 24.5 Å². The molecule has 13 heteroatoms. The third-order valence-electron chi connectivity index (χ3n) is 4.09. The lowest BCUT2D eigenvalue weighted by atomic mass is 10.1. The Morgan fingerprint density at radius 3 is 2.55 bits per heavy atom. The summed E-state index contributed by atoms with van der Waals surface area (Å²) in [5, 5.41) is 15.0. The lowest BCUT2D eigenvalue weighted by molar-refractivity contribution is -0.154. The predicted octanol–water partition coefficient (Wildman–Crippen LogP) is 4.64. The number of urea groups is 1. The highest BCUT2D eigenvalue weighted by Crippen LogP contribution is 2.42. The summed E-state index contributed by atoms with van der Waals surface area (Å²) in [6.07, 6.45) is -2.63. The zero-order chi connectivity index (χ0) is 22.8. The molecule has 0 radical (unpaired) electrons. The molecule has 1 atom stereocenters. The summed E-state index contributed by atoms with van der Waals surface area (Å²) in [6, 6.07) is -0.313. The number of aromatic nitrogens is 2. The molecule has 0 unspecified atom stereocenters. The fraction of sp³-hybridized carbons (Fsp3) is 0.222. The summed E-state index contributed by atoms with van der Waals surface area (Å²) in [5.74, 6) is -1.81. The van der Waals surface area contributed by atoms with Crippen molar-refractivity contribution in [2.24, 2.45) is 0 Å². The molecule has 0 spiro atoms. The normalized spacial score (nSPS) is 12.3. The molecule has 3 aromatic rings. The highest BCUT2D eigenvalue weighted by Gasteiger charge is 2.44. The van der Waals surface area contributed by atoms with Gasteiger partial charge in [0.05, 0.1) is 28.9 Å². The third-order valence-corrected chi connectivity index (χ3v) is 5.48. The molecular weight excluding hydrogens is 443 g/mol. The zero-order valence-corrected chi connectivity index (χ0v) is 16.5. The maximum atomic E-state index is 14.0. The summed E-state index contributed by atoms with van der Waals surface area (Å²) < 4.78 is 68.5. The number of anilines is 2. The second-order valence-corrected chi connectivity index (χ2v) is 7.29. The van der Waals surface area contributed by atoms with Crippen LogP contribution in [0.3, 0.4) is 0 Å². The van der Waals surface area contributed by atoms with Gasteiger partial charge in [-0.1, -0.05) is 0 Å². The Bertz CT molecular complexity index is 1160. The topological polar surface area (TPSA) is 103 Å². The predicted molar refractivity (Wildman–Crippen MR) is 104 cm³/mol. The monoisotopic (exact) mass is 456 g/mol. The van der Waals surface area contributed by atoms with Gasteiger partial charge in [0.1, 0.15) is 18.2 Å². The number of amides is 2. The molecule has 0 bridgehead atoms. The van der Waals surface area contributed by atoms with Gasteiger partial charge in [0.25, 0.3) is 0 Å². The van der Waals surface area contributed by atoms with E-state index in [1.807, 2.05) is 11.4 Å². The Morgan fingerprint density at radius 1 is 1.26 bits per heavy atom. The van der Waals surface area contributed by atoms with Crippen molar-refractivity contribution in [3.8, 4) is 6.07 Å². The molecule has 2 heterocycles. The second kappa shape index (κ2) is 8.68. The van der Waals surface area contributed by atoms with E-state index in [1.54, 1.807) is 0 Å². The number of aryl methyl sites for hydroxylation is 1. The maximum Gasteiger partial charge on any atom is 0.413 e. The van der Waals surface area contributed by atoms with Gasteiger partial charge >= 0.3 is 12.2 Å². The van der Waals surface area contributed by atoms with Crippen molar-refractivity contribution in [2.45, 2.75) is 19.1 Å². The van der Waals surface area contributed by atoms with E-state index in [0.29, 0.717) is 17.4 Å². The number of thiophene rings is 1. The van der Waals surface area contributed by atoms with Gasteiger partial charge in [0.15, 0.2) is 6.04 Å². The van der Waals surface area contributed by atoms with E-state index in [4.69, 9.17) is 5.26 Å². The molecule has 2 aromatic heterocycles. The van der Waals surface area contributed by atoms with Gasteiger partial charge in [-0.25, -0.2) is 23.5 Å². The number of carbonyl (C=O) groups excluding carboxylic acids is 1. The molecule has 3 rings (SSSR count). The smallest absolute Gasteiger partial charge is 0.341 e. The van der Waals surface area contributed by atoms with Crippen LogP contribution in [0.1, 0.15) is 16.5 Å². The molecule has 1 aromatic carbocycles. The zero-order valence-electron chi connectivity index (χ0n) is 15.6. The number of carbonyl (C=O) groups is 1. The second-order valence-electron chi connectivity index (χ2n) is 6.24. The summed E-state index contributed by atoms with van der Waals surface area (Å²) >= 11 is 0.489. The number of nitrogens with one attached hydrogen (secondary N) is 3. The lowest BCUT2D eigenvalue weighted by Gasteiger charge is -2.21. The van der Waals surface area contributed by atoms with Crippen LogP contribution in [-0.2, 0) is 0 Å². The molecular formula is C18H13F5N6OS. The molecule has 162 valence electrons. The van der Waals surface area contributed by atoms with Crippen LogP contribution < -0.4 is 16.0 Å². The van der Waals surface area contributed by atoms with Crippen LogP contribution in [0.4, 0.5) is 38.4 Å². The van der Waals surface area contributed by atoms with Crippen molar-refractivity contribution in [2.75, 3.05) is 17.2 Å². The minimum absolute atomic E-state index is 0.00195. The van der Waals surface area contributed by atoms with E-state index in [-0.39, 0.29) is 38.7 Å². The Labute approximate surface area is 175 Å². The van der Waals surface area contributed by atoms with Crippen molar-refractivity contribution < 1.29 is 26.7 Å². The molecule has 0 saturated heterocycles. The Balaban J connectivity index is 1.84. The molecule has 7 nitrogen and oxygen atoms in total. The fourth-order valence-corrected chi connectivity index (χ4v) is 4.01. The van der Waals surface area contributed by atoms with Crippen LogP contribution in [-0.4, -0.2) is 28.7 Å². The minimum atomic E-state index is -4.90. The van der Waals surface area contributed by atoms with Crippen molar-refractivity contribution in [1.82, 2.24) is 15.3 Å². The third kappa shape index (κ3) is 4.97. The number of nitrogens with zero attached hydrogens (tertiary/aromatic N) is 3. The summed E-state index contributed by atoms with van der Waals surface area (Å²) in [5.41, 5.74) is 0.0133. The standard InChI is InChI=1S/C18H13F5N6OS/c1-8-11-4-9(19)5-12(20)14(11)31-13(8)15(18(21,22)23)29-17(30)28-10-6-26-16(27-7-10)25-3-2-24/h4-7,15H,3H2,1H3,(H,25,26,27)(H2,28,29,30)/t15-/m1/s1. The molecule has 2 amide bonds. The minimum Gasteiger partial charge on any atom is -0.341 e. The summed E-state index contributed by atoms with van der Waals surface area (Å²) in [4.78, 5) is 19.4. The first-order valence-corrected chi connectivity index (χ1v) is 9.37. The van der Waals surface area contributed by atoms with Crippen LogP contribution >= 0.6 is 11.3 Å². The van der Waals surface area contributed by atoms with Gasteiger partial charge < -0.3 is 16.0 Å². The SMILES string of the molecule is Cc1c([C@@H](NC(=O)Nc2cnc(NCC#N)nc2)C(F)(F)F)sc2c(F)cc(F)cc12. The Hall–Kier alpha value is -3.53. The van der Waals surface area contributed by atoms with E-state index in [0.717, 1.165) is 18.5 Å². The summed E-state index contributed by atoms with van der Waals surface area (Å²) in [7, 11) is 0. The van der Waals surface area contributed by atoms with Crippen molar-refractivity contribution in [1.29, 1.82) is 5.26 Å². The fourth-order valence-electron chi connectivity index (χ4n) is 2.73. The molecule has 0 saturated carbocycles. The first kappa shape index (κ1) is 22.2. The highest BCUT2D eigenvalue weighted by atomic mass is 32.1. The average molecular weight is 456 g/mol. The largest absolute Gasteiger partial charge is 0.413 e. The van der Waals surface area contributed by atoms with Crippen molar-refractivity contribution >= 4 is 39.1 Å². The van der Waals surface area contributed by atoms with E-state index in [1.165, 1.54) is 6.92 Å². The number of halogens is 5. The van der Waals surface area contributed by atoms with Gasteiger partial charge in [-0.2, -0.15) is 18.4 Å². The lowest BCUT2D eigenvalue weighted by Crippen LogP contribution is -2.40. The molecule has 0 fully saturated rings. The highest BCUT2D eigenvalue weighted by molar-refractivity contribution is 7.19. The summed E-state index contributed by atoms with van der Waals surface area (Å²) in [6.45, 7) is 1.24.